The first kappa shape index (κ1) is 12.6. The maximum Gasteiger partial charge on any atom is 0.0107 e. The molecule has 0 spiro atoms. The highest BCUT2D eigenvalue weighted by Crippen LogP contribution is 2.22. The van der Waals surface area contributed by atoms with Crippen molar-refractivity contribution in [2.75, 3.05) is 13.1 Å². The van der Waals surface area contributed by atoms with Crippen molar-refractivity contribution in [3.8, 4) is 0 Å². The van der Waals surface area contributed by atoms with Gasteiger partial charge in [-0.2, -0.15) is 0 Å². The van der Waals surface area contributed by atoms with E-state index in [4.69, 9.17) is 5.73 Å². The van der Waals surface area contributed by atoms with E-state index in [1.54, 1.807) is 0 Å². The molecule has 0 radical (unpaired) electrons. The average Bonchev–Trinajstić information content (AvgIpc) is 2.36. The zero-order valence-corrected chi connectivity index (χ0v) is 11.0. The molecule has 0 saturated carbocycles. The molecular formula is C15H24N2. The van der Waals surface area contributed by atoms with E-state index >= 15 is 0 Å². The molecule has 0 aliphatic carbocycles. The number of rotatable bonds is 3. The van der Waals surface area contributed by atoms with Crippen LogP contribution in [-0.2, 0) is 6.42 Å². The predicted octanol–water partition coefficient (Wildman–Crippen LogP) is 2.29. The van der Waals surface area contributed by atoms with E-state index < -0.39 is 0 Å². The zero-order chi connectivity index (χ0) is 12.3. The number of piperidine rings is 1. The molecule has 17 heavy (non-hydrogen) atoms. The topological polar surface area (TPSA) is 29.3 Å². The Morgan fingerprint density at radius 2 is 1.94 bits per heavy atom. The van der Waals surface area contributed by atoms with Gasteiger partial charge in [0.15, 0.2) is 0 Å². The van der Waals surface area contributed by atoms with Crippen molar-refractivity contribution >= 4 is 0 Å². The van der Waals surface area contributed by atoms with Gasteiger partial charge in [-0.3, -0.25) is 4.90 Å². The average molecular weight is 232 g/mol. The summed E-state index contributed by atoms with van der Waals surface area (Å²) in [6.45, 7) is 6.90. The van der Waals surface area contributed by atoms with Crippen LogP contribution >= 0.6 is 0 Å². The van der Waals surface area contributed by atoms with Gasteiger partial charge in [0.25, 0.3) is 0 Å². The second-order valence-corrected chi connectivity index (χ2v) is 5.32. The number of nitrogens with zero attached hydrogens (tertiary/aromatic N) is 1. The molecule has 2 rings (SSSR count). The van der Waals surface area contributed by atoms with Crippen LogP contribution in [0, 0.1) is 5.92 Å². The minimum absolute atomic E-state index is 0.387. The first-order valence-corrected chi connectivity index (χ1v) is 6.72. The van der Waals surface area contributed by atoms with Gasteiger partial charge in [-0.25, -0.2) is 0 Å². The Morgan fingerprint density at radius 1 is 1.24 bits per heavy atom. The molecule has 3 atom stereocenters. The Morgan fingerprint density at radius 3 is 2.65 bits per heavy atom. The van der Waals surface area contributed by atoms with Crippen LogP contribution < -0.4 is 5.73 Å². The van der Waals surface area contributed by atoms with Gasteiger partial charge in [-0.1, -0.05) is 37.3 Å². The molecule has 3 unspecified atom stereocenters. The lowest BCUT2D eigenvalue weighted by Gasteiger charge is -2.41. The summed E-state index contributed by atoms with van der Waals surface area (Å²) in [7, 11) is 0. The van der Waals surface area contributed by atoms with Crippen LogP contribution in [0.2, 0.25) is 0 Å². The highest BCUT2D eigenvalue weighted by molar-refractivity contribution is 5.15. The van der Waals surface area contributed by atoms with E-state index in [0.29, 0.717) is 18.0 Å². The van der Waals surface area contributed by atoms with Crippen molar-refractivity contribution in [1.29, 1.82) is 0 Å². The summed E-state index contributed by atoms with van der Waals surface area (Å²) in [5.74, 6) is 0.611. The molecule has 1 aromatic rings. The summed E-state index contributed by atoms with van der Waals surface area (Å²) in [6, 6.07) is 11.7. The molecule has 1 aromatic carbocycles. The van der Waals surface area contributed by atoms with Gasteiger partial charge in [0.05, 0.1) is 0 Å². The van der Waals surface area contributed by atoms with Crippen LogP contribution in [-0.4, -0.2) is 30.1 Å². The minimum Gasteiger partial charge on any atom is -0.327 e. The third-order valence-corrected chi connectivity index (χ3v) is 4.29. The zero-order valence-electron chi connectivity index (χ0n) is 11.0. The fourth-order valence-corrected chi connectivity index (χ4v) is 2.70. The Hall–Kier alpha value is -0.860. The molecule has 2 N–H and O–H groups in total. The number of benzene rings is 1. The van der Waals surface area contributed by atoms with E-state index in [1.165, 1.54) is 5.56 Å². The maximum atomic E-state index is 6.11. The third-order valence-electron chi connectivity index (χ3n) is 4.29. The Balaban J connectivity index is 1.87. The lowest BCUT2D eigenvalue weighted by molar-refractivity contribution is 0.0993. The third kappa shape index (κ3) is 3.08. The highest BCUT2D eigenvalue weighted by Gasteiger charge is 2.29. The summed E-state index contributed by atoms with van der Waals surface area (Å²) in [6.07, 6.45) is 2.29. The van der Waals surface area contributed by atoms with E-state index in [2.05, 4.69) is 49.1 Å². The van der Waals surface area contributed by atoms with Gasteiger partial charge in [0, 0.05) is 18.6 Å². The second-order valence-electron chi connectivity index (χ2n) is 5.32. The van der Waals surface area contributed by atoms with Crippen LogP contribution in [0.15, 0.2) is 30.3 Å². The van der Waals surface area contributed by atoms with Crippen molar-refractivity contribution in [3.63, 3.8) is 0 Å². The molecule has 1 saturated heterocycles. The van der Waals surface area contributed by atoms with Crippen LogP contribution in [0.5, 0.6) is 0 Å². The number of hydrogen-bond acceptors (Lipinski definition) is 2. The largest absolute Gasteiger partial charge is 0.327 e. The van der Waals surface area contributed by atoms with Gasteiger partial charge in [-0.05, 0) is 37.8 Å². The van der Waals surface area contributed by atoms with Crippen LogP contribution in [0.25, 0.3) is 0 Å². The van der Waals surface area contributed by atoms with Gasteiger partial charge < -0.3 is 5.73 Å². The Kier molecular flexibility index (Phi) is 4.19. The van der Waals surface area contributed by atoms with E-state index in [1.807, 2.05) is 0 Å². The lowest BCUT2D eigenvalue weighted by Crippen LogP contribution is -2.52. The smallest absolute Gasteiger partial charge is 0.0107 e. The molecule has 1 aliphatic rings. The molecular weight excluding hydrogens is 208 g/mol. The molecule has 0 aromatic heterocycles. The van der Waals surface area contributed by atoms with Crippen molar-refractivity contribution in [2.45, 2.75) is 38.8 Å². The maximum absolute atomic E-state index is 6.11. The normalized spacial score (nSPS) is 30.4. The fraction of sp³-hybridized carbons (Fsp3) is 0.600. The van der Waals surface area contributed by atoms with E-state index in [-0.39, 0.29) is 0 Å². The van der Waals surface area contributed by atoms with Gasteiger partial charge in [0.2, 0.25) is 0 Å². The number of nitrogens with two attached hydrogens (primary N) is 1. The van der Waals surface area contributed by atoms with Crippen LogP contribution in [0.1, 0.15) is 25.8 Å². The summed E-state index contributed by atoms with van der Waals surface area (Å²) in [5, 5.41) is 0. The van der Waals surface area contributed by atoms with Crippen molar-refractivity contribution in [3.05, 3.63) is 35.9 Å². The summed E-state index contributed by atoms with van der Waals surface area (Å²) in [4.78, 5) is 2.58. The number of likely N-dealkylation sites (tertiary alicyclic amines) is 1. The van der Waals surface area contributed by atoms with Crippen LogP contribution in [0.3, 0.4) is 0 Å². The molecule has 1 aliphatic heterocycles. The Labute approximate surface area is 105 Å². The van der Waals surface area contributed by atoms with Gasteiger partial charge >= 0.3 is 0 Å². The summed E-state index contributed by atoms with van der Waals surface area (Å²) < 4.78 is 0. The number of hydrogen-bond donors (Lipinski definition) is 1. The summed E-state index contributed by atoms with van der Waals surface area (Å²) in [5.41, 5.74) is 7.54. The fourth-order valence-electron chi connectivity index (χ4n) is 2.70. The second kappa shape index (κ2) is 5.65. The van der Waals surface area contributed by atoms with Crippen molar-refractivity contribution < 1.29 is 0 Å². The Bertz CT molecular complexity index is 336. The standard InChI is InChI=1S/C15H24N2/c1-12-13(2)17(11-9-15(12)16)10-8-14-6-4-3-5-7-14/h3-7,12-13,15H,8-11,16H2,1-2H3. The first-order valence-electron chi connectivity index (χ1n) is 6.72. The van der Waals surface area contributed by atoms with Gasteiger partial charge in [0.1, 0.15) is 0 Å². The van der Waals surface area contributed by atoms with Crippen molar-refractivity contribution in [1.82, 2.24) is 4.90 Å². The molecule has 1 fully saturated rings. The first-order chi connectivity index (χ1) is 8.18. The predicted molar refractivity (Wildman–Crippen MR) is 72.9 cm³/mol. The van der Waals surface area contributed by atoms with Gasteiger partial charge in [-0.15, -0.1) is 0 Å². The highest BCUT2D eigenvalue weighted by atomic mass is 15.2. The minimum atomic E-state index is 0.387. The molecule has 94 valence electrons. The molecule has 1 heterocycles. The van der Waals surface area contributed by atoms with E-state index in [9.17, 15) is 0 Å². The van der Waals surface area contributed by atoms with Crippen molar-refractivity contribution in [2.24, 2.45) is 11.7 Å². The summed E-state index contributed by atoms with van der Waals surface area (Å²) >= 11 is 0. The van der Waals surface area contributed by atoms with E-state index in [0.717, 1.165) is 25.9 Å². The van der Waals surface area contributed by atoms with Crippen LogP contribution in [0.4, 0.5) is 0 Å². The molecule has 2 heteroatoms. The molecule has 0 amide bonds. The monoisotopic (exact) mass is 232 g/mol. The lowest BCUT2D eigenvalue weighted by atomic mass is 9.87. The quantitative estimate of drug-likeness (QED) is 0.866. The molecule has 0 bridgehead atoms. The SMILES string of the molecule is CC1C(N)CCN(CCc2ccccc2)C1C. The molecule has 2 nitrogen and oxygen atoms in total.